The number of halogens is 1. The first-order valence-corrected chi connectivity index (χ1v) is 12.5. The molecule has 16 heavy (non-hydrogen) atoms. The quantitative estimate of drug-likeness (QED) is 0.595. The molecule has 0 saturated carbocycles. The van der Waals surface area contributed by atoms with E-state index < -0.39 is 0 Å². The van der Waals surface area contributed by atoms with Crippen molar-refractivity contribution in [2.75, 3.05) is 0 Å². The zero-order valence-corrected chi connectivity index (χ0v) is 15.3. The molecule has 1 aromatic carbocycles. The van der Waals surface area contributed by atoms with Gasteiger partial charge in [-0.25, -0.2) is 0 Å². The third-order valence-corrected chi connectivity index (χ3v) is 2.48. The predicted molar refractivity (Wildman–Crippen MR) is 70.0 cm³/mol. The van der Waals surface area contributed by atoms with Crippen molar-refractivity contribution in [2.45, 2.75) is 46.3 Å². The predicted octanol–water partition coefficient (Wildman–Crippen LogP) is 3.95. The monoisotopic (exact) mass is 333 g/mol. The van der Waals surface area contributed by atoms with Gasteiger partial charge in [-0.1, -0.05) is 0 Å². The van der Waals surface area contributed by atoms with Gasteiger partial charge in [-0.3, -0.25) is 4.90 Å². The first kappa shape index (κ1) is 16.3. The van der Waals surface area contributed by atoms with E-state index in [4.69, 9.17) is 0 Å². The topological polar surface area (TPSA) is 3.24 Å². The third-order valence-electron chi connectivity index (χ3n) is 2.48. The standard InChI is InChI=1S/C13H20N.BrH.Zn/c1-11(2)14(12(3)4)10-13-8-6-5-7-9-13;;/h6-9,11-12H,10H2,1-4H3;1H;/q-1;;+2/p-1. The van der Waals surface area contributed by atoms with Gasteiger partial charge in [0.2, 0.25) is 0 Å². The molecule has 1 aromatic rings. The molecule has 0 amide bonds. The van der Waals surface area contributed by atoms with Crippen LogP contribution in [0.15, 0.2) is 24.3 Å². The molecule has 0 spiro atoms. The Bertz CT molecular complexity index is 254. The summed E-state index contributed by atoms with van der Waals surface area (Å²) in [6.07, 6.45) is 0. The fourth-order valence-corrected chi connectivity index (χ4v) is 1.70. The van der Waals surface area contributed by atoms with Crippen LogP contribution in [0.2, 0.25) is 0 Å². The van der Waals surface area contributed by atoms with Crippen LogP contribution in [-0.2, 0) is 22.9 Å². The van der Waals surface area contributed by atoms with E-state index in [9.17, 15) is 0 Å². The summed E-state index contributed by atoms with van der Waals surface area (Å²) in [5.74, 6) is 0. The maximum absolute atomic E-state index is 3.06. The molecule has 0 atom stereocenters. The van der Waals surface area contributed by atoms with Gasteiger partial charge in [0.05, 0.1) is 0 Å². The Morgan fingerprint density at radius 2 is 1.56 bits per heavy atom. The molecule has 0 heterocycles. The van der Waals surface area contributed by atoms with Crippen LogP contribution in [-0.4, -0.2) is 17.0 Å². The molecule has 86 valence electrons. The molecule has 0 aromatic heterocycles. The van der Waals surface area contributed by atoms with E-state index in [1.165, 1.54) is 21.9 Å². The second kappa shape index (κ2) is 9.33. The molecular weight excluding hydrogens is 315 g/mol. The second-order valence-electron chi connectivity index (χ2n) is 4.27. The van der Waals surface area contributed by atoms with E-state index >= 15 is 0 Å². The first-order chi connectivity index (χ1) is 7.61. The minimum atomic E-state index is 0.596. The van der Waals surface area contributed by atoms with Crippen LogP contribution in [0.25, 0.3) is 0 Å². The Labute approximate surface area is 117 Å². The molecular formula is C13H20BrNZn. The van der Waals surface area contributed by atoms with Gasteiger partial charge in [-0.05, 0) is 27.7 Å². The van der Waals surface area contributed by atoms with Gasteiger partial charge in [0.15, 0.2) is 0 Å². The normalized spacial score (nSPS) is 10.6. The third kappa shape index (κ3) is 6.13. The average Bonchev–Trinajstić information content (AvgIpc) is 2.29. The summed E-state index contributed by atoms with van der Waals surface area (Å²) in [7, 11) is 0. The van der Waals surface area contributed by atoms with Gasteiger partial charge in [0.1, 0.15) is 0 Å². The van der Waals surface area contributed by atoms with E-state index in [1.54, 1.807) is 0 Å². The summed E-state index contributed by atoms with van der Waals surface area (Å²) in [6, 6.07) is 12.5. The summed E-state index contributed by atoms with van der Waals surface area (Å²) in [5.41, 5.74) is 1.37. The van der Waals surface area contributed by atoms with Gasteiger partial charge in [0.25, 0.3) is 0 Å². The van der Waals surface area contributed by atoms with Crippen LogP contribution in [0.1, 0.15) is 33.3 Å². The van der Waals surface area contributed by atoms with Crippen molar-refractivity contribution in [1.82, 2.24) is 4.90 Å². The van der Waals surface area contributed by atoms with Crippen LogP contribution < -0.4 is 0 Å². The average molecular weight is 336 g/mol. The van der Waals surface area contributed by atoms with E-state index in [1.807, 2.05) is 12.1 Å². The molecule has 0 aliphatic heterocycles. The fourth-order valence-electron chi connectivity index (χ4n) is 1.70. The number of benzene rings is 1. The number of nitrogens with zero attached hydrogens (tertiary/aromatic N) is 1. The maximum atomic E-state index is 3.06. The molecule has 1 rings (SSSR count). The van der Waals surface area contributed by atoms with Crippen molar-refractivity contribution in [1.29, 1.82) is 0 Å². The van der Waals surface area contributed by atoms with Gasteiger partial charge in [-0.15, -0.1) is 5.56 Å². The molecule has 0 saturated heterocycles. The van der Waals surface area contributed by atoms with Crippen LogP contribution >= 0.6 is 13.6 Å². The molecule has 0 aliphatic carbocycles. The molecule has 0 N–H and O–H groups in total. The van der Waals surface area contributed by atoms with Crippen LogP contribution in [0.5, 0.6) is 0 Å². The van der Waals surface area contributed by atoms with Crippen molar-refractivity contribution in [2.24, 2.45) is 0 Å². The number of rotatable bonds is 4. The number of hydrogen-bond donors (Lipinski definition) is 0. The fraction of sp³-hybridized carbons (Fsp3) is 0.538. The van der Waals surface area contributed by atoms with Gasteiger partial charge in [-0.2, -0.15) is 30.3 Å². The Kier molecular flexibility index (Phi) is 9.49. The summed E-state index contributed by atoms with van der Waals surface area (Å²) in [6.45, 7) is 10.0. The molecule has 0 aliphatic rings. The van der Waals surface area contributed by atoms with Crippen molar-refractivity contribution in [3.8, 4) is 0 Å². The van der Waals surface area contributed by atoms with Crippen LogP contribution in [0.4, 0.5) is 0 Å². The van der Waals surface area contributed by atoms with E-state index in [0.717, 1.165) is 6.54 Å². The van der Waals surface area contributed by atoms with Gasteiger partial charge in [0, 0.05) is 18.6 Å². The molecule has 0 fully saturated rings. The molecule has 1 nitrogen and oxygen atoms in total. The molecule has 0 radical (unpaired) electrons. The summed E-state index contributed by atoms with van der Waals surface area (Å²) in [4.78, 5) is 2.48. The summed E-state index contributed by atoms with van der Waals surface area (Å²) >= 11 is 4.25. The molecule has 3 heteroatoms. The Hall–Kier alpha value is 0.283. The van der Waals surface area contributed by atoms with Gasteiger partial charge >= 0.3 is 30.0 Å². The zero-order valence-electron chi connectivity index (χ0n) is 10.7. The minimum absolute atomic E-state index is 0.596. The molecule has 0 unspecified atom stereocenters. The summed E-state index contributed by atoms with van der Waals surface area (Å²) in [5, 5.41) is 0. The zero-order chi connectivity index (χ0) is 12.6. The van der Waals surface area contributed by atoms with Gasteiger partial charge < -0.3 is 0 Å². The van der Waals surface area contributed by atoms with Crippen molar-refractivity contribution in [3.05, 3.63) is 35.9 Å². The summed E-state index contributed by atoms with van der Waals surface area (Å²) < 4.78 is 0. The Morgan fingerprint density at radius 3 is 1.94 bits per heavy atom. The first-order valence-electron chi connectivity index (χ1n) is 5.58. The Balaban J connectivity index is 0.00000106. The van der Waals surface area contributed by atoms with Crippen LogP contribution in [0.3, 0.4) is 0 Å². The second-order valence-corrected chi connectivity index (χ2v) is 4.27. The molecule has 0 bridgehead atoms. The SMILES string of the molecule is CC(C)N(Cc1cc[c-]cc1)C(C)C.[Zn+][Br]. The Morgan fingerprint density at radius 1 is 1.12 bits per heavy atom. The van der Waals surface area contributed by atoms with Crippen LogP contribution in [0, 0.1) is 6.07 Å². The van der Waals surface area contributed by atoms with Crippen molar-refractivity contribution >= 4 is 13.6 Å². The number of hydrogen-bond acceptors (Lipinski definition) is 1. The van der Waals surface area contributed by atoms with Crippen molar-refractivity contribution in [3.63, 3.8) is 0 Å². The van der Waals surface area contributed by atoms with E-state index in [-0.39, 0.29) is 0 Å². The van der Waals surface area contributed by atoms with E-state index in [0.29, 0.717) is 12.1 Å². The van der Waals surface area contributed by atoms with E-state index in [2.05, 4.69) is 64.4 Å². The van der Waals surface area contributed by atoms with Crippen molar-refractivity contribution < 1.29 is 16.3 Å².